The molecule has 0 aliphatic heterocycles. The summed E-state index contributed by atoms with van der Waals surface area (Å²) >= 11 is 1.73. The van der Waals surface area contributed by atoms with Crippen LogP contribution in [0.4, 0.5) is 0 Å². The molecule has 0 spiro atoms. The average Bonchev–Trinajstić information content (AvgIpc) is 2.30. The summed E-state index contributed by atoms with van der Waals surface area (Å²) in [6, 6.07) is 8.39. The molecule has 3 nitrogen and oxygen atoms in total. The van der Waals surface area contributed by atoms with Crippen molar-refractivity contribution in [1.29, 1.82) is 0 Å². The highest BCUT2D eigenvalue weighted by molar-refractivity contribution is 7.98. The molecule has 0 bridgehead atoms. The van der Waals surface area contributed by atoms with E-state index >= 15 is 0 Å². The summed E-state index contributed by atoms with van der Waals surface area (Å²) in [5.74, 6) is 0.0308. The van der Waals surface area contributed by atoms with Crippen molar-refractivity contribution in [2.75, 3.05) is 19.3 Å². The molecule has 88 valence electrons. The Balaban J connectivity index is 2.29. The maximum absolute atomic E-state index is 11.1. The lowest BCUT2D eigenvalue weighted by molar-refractivity contribution is -0.120. The SMILES string of the molecule is CSc1ccc(CCNC(=O)CCN)cc1. The Hall–Kier alpha value is -1.00. The summed E-state index contributed by atoms with van der Waals surface area (Å²) < 4.78 is 0. The zero-order chi connectivity index (χ0) is 11.8. The molecule has 0 radical (unpaired) electrons. The molecule has 0 saturated carbocycles. The standard InChI is InChI=1S/C12H18N2OS/c1-16-11-4-2-10(3-5-11)7-9-14-12(15)6-8-13/h2-5H,6-9,13H2,1H3,(H,14,15). The molecule has 0 fully saturated rings. The third-order valence-electron chi connectivity index (χ3n) is 2.27. The number of carbonyl (C=O) groups excluding carboxylic acids is 1. The fourth-order valence-electron chi connectivity index (χ4n) is 1.36. The zero-order valence-electron chi connectivity index (χ0n) is 9.53. The van der Waals surface area contributed by atoms with Gasteiger partial charge >= 0.3 is 0 Å². The summed E-state index contributed by atoms with van der Waals surface area (Å²) in [6.45, 7) is 1.09. The van der Waals surface area contributed by atoms with Gasteiger partial charge in [-0.3, -0.25) is 4.79 Å². The van der Waals surface area contributed by atoms with Crippen LogP contribution in [0.1, 0.15) is 12.0 Å². The van der Waals surface area contributed by atoms with Gasteiger partial charge in [0.15, 0.2) is 0 Å². The van der Waals surface area contributed by atoms with Crippen molar-refractivity contribution >= 4 is 17.7 Å². The number of nitrogens with one attached hydrogen (secondary N) is 1. The number of hydrogen-bond acceptors (Lipinski definition) is 3. The Morgan fingerprint density at radius 1 is 1.38 bits per heavy atom. The highest BCUT2D eigenvalue weighted by Crippen LogP contribution is 2.14. The Bertz CT molecular complexity index is 324. The molecule has 0 aliphatic carbocycles. The van der Waals surface area contributed by atoms with Gasteiger partial charge in [0.05, 0.1) is 0 Å². The number of amides is 1. The van der Waals surface area contributed by atoms with E-state index in [1.807, 2.05) is 0 Å². The fourth-order valence-corrected chi connectivity index (χ4v) is 1.77. The molecule has 0 aliphatic rings. The van der Waals surface area contributed by atoms with Gasteiger partial charge in [-0.2, -0.15) is 0 Å². The molecule has 16 heavy (non-hydrogen) atoms. The van der Waals surface area contributed by atoms with Crippen molar-refractivity contribution in [3.63, 3.8) is 0 Å². The molecule has 0 heterocycles. The van der Waals surface area contributed by atoms with E-state index in [0.717, 1.165) is 6.42 Å². The smallest absolute Gasteiger partial charge is 0.221 e. The predicted octanol–water partition coefficient (Wildman–Crippen LogP) is 1.42. The second-order valence-corrected chi connectivity index (χ2v) is 4.37. The van der Waals surface area contributed by atoms with Gasteiger partial charge in [-0.1, -0.05) is 12.1 Å². The Kier molecular flexibility index (Phi) is 5.96. The molecule has 1 rings (SSSR count). The molecule has 0 aromatic heterocycles. The van der Waals surface area contributed by atoms with E-state index in [2.05, 4.69) is 35.8 Å². The van der Waals surface area contributed by atoms with E-state index < -0.39 is 0 Å². The maximum Gasteiger partial charge on any atom is 0.221 e. The third kappa shape index (κ3) is 4.68. The van der Waals surface area contributed by atoms with Crippen LogP contribution in [-0.4, -0.2) is 25.3 Å². The minimum atomic E-state index is 0.0308. The fraction of sp³-hybridized carbons (Fsp3) is 0.417. The molecular formula is C12H18N2OS. The largest absolute Gasteiger partial charge is 0.356 e. The summed E-state index contributed by atoms with van der Waals surface area (Å²) in [5.41, 5.74) is 6.52. The van der Waals surface area contributed by atoms with Crippen LogP contribution < -0.4 is 11.1 Å². The number of hydrogen-bond donors (Lipinski definition) is 2. The van der Waals surface area contributed by atoms with Gasteiger partial charge in [0.2, 0.25) is 5.91 Å². The van der Waals surface area contributed by atoms with Gasteiger partial charge in [0.25, 0.3) is 0 Å². The van der Waals surface area contributed by atoms with E-state index in [1.54, 1.807) is 11.8 Å². The molecule has 4 heteroatoms. The number of thioether (sulfide) groups is 1. The van der Waals surface area contributed by atoms with Crippen LogP contribution in [-0.2, 0) is 11.2 Å². The minimum Gasteiger partial charge on any atom is -0.356 e. The van der Waals surface area contributed by atoms with E-state index in [1.165, 1.54) is 10.5 Å². The quantitative estimate of drug-likeness (QED) is 0.737. The molecule has 0 saturated heterocycles. The predicted molar refractivity (Wildman–Crippen MR) is 68.6 cm³/mol. The number of carbonyl (C=O) groups is 1. The molecule has 1 amide bonds. The first-order chi connectivity index (χ1) is 7.76. The molecule has 0 atom stereocenters. The Labute approximate surface area is 101 Å². The van der Waals surface area contributed by atoms with E-state index in [-0.39, 0.29) is 5.91 Å². The first-order valence-corrected chi connectivity index (χ1v) is 6.58. The van der Waals surface area contributed by atoms with Gasteiger partial charge < -0.3 is 11.1 Å². The van der Waals surface area contributed by atoms with Crippen LogP contribution in [0, 0.1) is 0 Å². The normalized spacial score (nSPS) is 10.1. The van der Waals surface area contributed by atoms with Crippen molar-refractivity contribution < 1.29 is 4.79 Å². The van der Waals surface area contributed by atoms with Crippen molar-refractivity contribution in [2.24, 2.45) is 5.73 Å². The topological polar surface area (TPSA) is 55.1 Å². The van der Waals surface area contributed by atoms with Crippen LogP contribution >= 0.6 is 11.8 Å². The second-order valence-electron chi connectivity index (χ2n) is 3.49. The summed E-state index contributed by atoms with van der Waals surface area (Å²) in [5, 5.41) is 2.84. The van der Waals surface area contributed by atoms with E-state index in [4.69, 9.17) is 5.73 Å². The highest BCUT2D eigenvalue weighted by Gasteiger charge is 1.98. The Morgan fingerprint density at radius 3 is 2.62 bits per heavy atom. The monoisotopic (exact) mass is 238 g/mol. The summed E-state index contributed by atoms with van der Waals surface area (Å²) in [4.78, 5) is 12.4. The van der Waals surface area contributed by atoms with Crippen molar-refractivity contribution in [1.82, 2.24) is 5.32 Å². The van der Waals surface area contributed by atoms with Crippen molar-refractivity contribution in [2.45, 2.75) is 17.7 Å². The van der Waals surface area contributed by atoms with Gasteiger partial charge in [0.1, 0.15) is 0 Å². The molecule has 0 unspecified atom stereocenters. The van der Waals surface area contributed by atoms with Crippen molar-refractivity contribution in [3.8, 4) is 0 Å². The van der Waals surface area contributed by atoms with Crippen LogP contribution in [0.5, 0.6) is 0 Å². The zero-order valence-corrected chi connectivity index (χ0v) is 10.3. The van der Waals surface area contributed by atoms with Crippen LogP contribution in [0.2, 0.25) is 0 Å². The lowest BCUT2D eigenvalue weighted by Crippen LogP contribution is -2.27. The first-order valence-electron chi connectivity index (χ1n) is 5.36. The second kappa shape index (κ2) is 7.30. The molecule has 1 aromatic rings. The molecule has 1 aromatic carbocycles. The first kappa shape index (κ1) is 13.1. The van der Waals surface area contributed by atoms with Gasteiger partial charge in [-0.25, -0.2) is 0 Å². The van der Waals surface area contributed by atoms with E-state index in [9.17, 15) is 4.79 Å². The van der Waals surface area contributed by atoms with Gasteiger partial charge in [-0.15, -0.1) is 11.8 Å². The van der Waals surface area contributed by atoms with Crippen LogP contribution in [0.25, 0.3) is 0 Å². The average molecular weight is 238 g/mol. The molecule has 3 N–H and O–H groups in total. The maximum atomic E-state index is 11.1. The number of rotatable bonds is 6. The van der Waals surface area contributed by atoms with Crippen molar-refractivity contribution in [3.05, 3.63) is 29.8 Å². The van der Waals surface area contributed by atoms with Crippen LogP contribution in [0.3, 0.4) is 0 Å². The van der Waals surface area contributed by atoms with Crippen LogP contribution in [0.15, 0.2) is 29.2 Å². The summed E-state index contributed by atoms with van der Waals surface area (Å²) in [7, 11) is 0. The lowest BCUT2D eigenvalue weighted by atomic mass is 10.1. The number of nitrogens with two attached hydrogens (primary N) is 1. The third-order valence-corrected chi connectivity index (χ3v) is 3.01. The molecular weight excluding hydrogens is 220 g/mol. The Morgan fingerprint density at radius 2 is 2.06 bits per heavy atom. The van der Waals surface area contributed by atoms with Gasteiger partial charge in [-0.05, 0) is 30.4 Å². The lowest BCUT2D eigenvalue weighted by Gasteiger charge is -2.05. The summed E-state index contributed by atoms with van der Waals surface area (Å²) in [6.07, 6.45) is 3.33. The highest BCUT2D eigenvalue weighted by atomic mass is 32.2. The minimum absolute atomic E-state index is 0.0308. The number of benzene rings is 1. The van der Waals surface area contributed by atoms with Gasteiger partial charge in [0, 0.05) is 24.4 Å². The van der Waals surface area contributed by atoms with E-state index in [0.29, 0.717) is 19.5 Å².